The smallest absolute Gasteiger partial charge is 0.239 e. The summed E-state index contributed by atoms with van der Waals surface area (Å²) in [6.45, 7) is 3.90. The van der Waals surface area contributed by atoms with E-state index in [0.717, 1.165) is 6.42 Å². The van der Waals surface area contributed by atoms with E-state index in [1.54, 1.807) is 0 Å². The van der Waals surface area contributed by atoms with Gasteiger partial charge in [-0.15, -0.1) is 0 Å². The van der Waals surface area contributed by atoms with Crippen LogP contribution in [0.5, 0.6) is 0 Å². The van der Waals surface area contributed by atoms with Crippen LogP contribution >= 0.6 is 11.8 Å². The Labute approximate surface area is 108 Å². The van der Waals surface area contributed by atoms with Gasteiger partial charge in [-0.2, -0.15) is 4.98 Å². The quantitative estimate of drug-likeness (QED) is 0.630. The predicted octanol–water partition coefficient (Wildman–Crippen LogP) is 1.44. The number of aryl methyl sites for hydroxylation is 1. The third-order valence-electron chi connectivity index (χ3n) is 2.18. The van der Waals surface area contributed by atoms with E-state index in [2.05, 4.69) is 20.1 Å². The van der Waals surface area contributed by atoms with E-state index >= 15 is 0 Å². The van der Waals surface area contributed by atoms with Gasteiger partial charge in [0.1, 0.15) is 11.6 Å². The van der Waals surface area contributed by atoms with E-state index < -0.39 is 0 Å². The molecule has 0 saturated carbocycles. The lowest BCUT2D eigenvalue weighted by Gasteiger charge is -2.05. The summed E-state index contributed by atoms with van der Waals surface area (Å²) < 4.78 is 5.15. The summed E-state index contributed by atoms with van der Waals surface area (Å²) in [5, 5.41) is 4.28. The molecule has 0 aliphatic rings. The first-order valence-corrected chi connectivity index (χ1v) is 6.35. The van der Waals surface area contributed by atoms with E-state index in [-0.39, 0.29) is 5.25 Å². The number of anilines is 2. The molecule has 0 spiro atoms. The summed E-state index contributed by atoms with van der Waals surface area (Å²) in [5.41, 5.74) is 11.2. The van der Waals surface area contributed by atoms with E-state index in [4.69, 9.17) is 16.0 Å². The number of hydrogen-bond donors (Lipinski definition) is 2. The molecule has 0 aliphatic carbocycles. The molecule has 2 aromatic rings. The monoisotopic (exact) mass is 266 g/mol. The van der Waals surface area contributed by atoms with Crippen LogP contribution in [0.2, 0.25) is 0 Å². The SMILES string of the molecule is CCc1noc(C(C)Sc2nc(N)cc(N)n2)n1. The zero-order chi connectivity index (χ0) is 13.1. The van der Waals surface area contributed by atoms with E-state index in [1.807, 2.05) is 13.8 Å². The summed E-state index contributed by atoms with van der Waals surface area (Å²) in [7, 11) is 0. The summed E-state index contributed by atoms with van der Waals surface area (Å²) in [5.74, 6) is 1.92. The largest absolute Gasteiger partial charge is 0.383 e. The topological polar surface area (TPSA) is 117 Å². The van der Waals surface area contributed by atoms with Gasteiger partial charge in [-0.05, 0) is 6.92 Å². The Morgan fingerprint density at radius 1 is 1.28 bits per heavy atom. The molecular weight excluding hydrogens is 252 g/mol. The van der Waals surface area contributed by atoms with Crippen molar-refractivity contribution in [2.24, 2.45) is 0 Å². The van der Waals surface area contributed by atoms with E-state index in [0.29, 0.717) is 28.5 Å². The van der Waals surface area contributed by atoms with Crippen molar-refractivity contribution >= 4 is 23.4 Å². The maximum atomic E-state index is 5.60. The van der Waals surface area contributed by atoms with Crippen LogP contribution in [0, 0.1) is 0 Å². The highest BCUT2D eigenvalue weighted by molar-refractivity contribution is 7.99. The molecule has 0 fully saturated rings. The van der Waals surface area contributed by atoms with Gasteiger partial charge >= 0.3 is 0 Å². The molecular formula is C10H14N6OS. The first-order valence-electron chi connectivity index (χ1n) is 5.47. The van der Waals surface area contributed by atoms with Gasteiger partial charge in [-0.3, -0.25) is 0 Å². The van der Waals surface area contributed by atoms with Crippen molar-refractivity contribution in [2.75, 3.05) is 11.5 Å². The molecule has 4 N–H and O–H groups in total. The number of thioether (sulfide) groups is 1. The molecule has 8 heteroatoms. The predicted molar refractivity (Wildman–Crippen MR) is 68.8 cm³/mol. The van der Waals surface area contributed by atoms with Crippen molar-refractivity contribution in [1.29, 1.82) is 0 Å². The zero-order valence-corrected chi connectivity index (χ0v) is 10.9. The zero-order valence-electron chi connectivity index (χ0n) is 10.1. The molecule has 2 heterocycles. The molecule has 0 bridgehead atoms. The van der Waals surface area contributed by atoms with Crippen molar-refractivity contribution in [3.8, 4) is 0 Å². The number of nitrogens with two attached hydrogens (primary N) is 2. The fourth-order valence-corrected chi connectivity index (χ4v) is 2.13. The molecule has 18 heavy (non-hydrogen) atoms. The number of aromatic nitrogens is 4. The van der Waals surface area contributed by atoms with Gasteiger partial charge in [-0.25, -0.2) is 9.97 Å². The molecule has 1 atom stereocenters. The van der Waals surface area contributed by atoms with Crippen molar-refractivity contribution < 1.29 is 4.52 Å². The minimum atomic E-state index is -0.0565. The Balaban J connectivity index is 2.12. The molecule has 1 unspecified atom stereocenters. The van der Waals surface area contributed by atoms with E-state index in [1.165, 1.54) is 17.8 Å². The highest BCUT2D eigenvalue weighted by atomic mass is 32.2. The Morgan fingerprint density at radius 3 is 2.50 bits per heavy atom. The lowest BCUT2D eigenvalue weighted by Crippen LogP contribution is -2.00. The van der Waals surface area contributed by atoms with Crippen LogP contribution < -0.4 is 11.5 Å². The standard InChI is InChI=1S/C10H14N6OS/c1-3-8-15-9(17-16-8)5(2)18-10-13-6(11)4-7(12)14-10/h4-5H,3H2,1-2H3,(H4,11,12,13,14). The average Bonchev–Trinajstić information content (AvgIpc) is 2.75. The highest BCUT2D eigenvalue weighted by Crippen LogP contribution is 2.32. The van der Waals surface area contributed by atoms with Gasteiger partial charge in [0.05, 0.1) is 5.25 Å². The number of nitrogen functional groups attached to an aromatic ring is 2. The molecule has 96 valence electrons. The summed E-state index contributed by atoms with van der Waals surface area (Å²) in [6.07, 6.45) is 0.739. The van der Waals surface area contributed by atoms with Crippen molar-refractivity contribution in [3.05, 3.63) is 17.8 Å². The van der Waals surface area contributed by atoms with Gasteiger partial charge in [0.15, 0.2) is 11.0 Å². The summed E-state index contributed by atoms with van der Waals surface area (Å²) in [6, 6.07) is 1.51. The lowest BCUT2D eigenvalue weighted by atomic mass is 10.4. The van der Waals surface area contributed by atoms with Crippen LogP contribution in [0.1, 0.15) is 30.8 Å². The molecule has 0 aliphatic heterocycles. The lowest BCUT2D eigenvalue weighted by molar-refractivity contribution is 0.375. The first kappa shape index (κ1) is 12.6. The molecule has 0 radical (unpaired) electrons. The molecule has 2 aromatic heterocycles. The molecule has 7 nitrogen and oxygen atoms in total. The van der Waals surface area contributed by atoms with Crippen molar-refractivity contribution in [2.45, 2.75) is 30.7 Å². The molecule has 0 saturated heterocycles. The molecule has 2 rings (SSSR count). The third-order valence-corrected chi connectivity index (χ3v) is 3.12. The van der Waals surface area contributed by atoms with Crippen LogP contribution in [0.4, 0.5) is 11.6 Å². The maximum Gasteiger partial charge on any atom is 0.239 e. The van der Waals surface area contributed by atoms with Crippen LogP contribution in [0.15, 0.2) is 15.7 Å². The molecule has 0 aromatic carbocycles. The van der Waals surface area contributed by atoms with Gasteiger partial charge in [-0.1, -0.05) is 23.8 Å². The van der Waals surface area contributed by atoms with Crippen LogP contribution in [-0.2, 0) is 6.42 Å². The summed E-state index contributed by atoms with van der Waals surface area (Å²) in [4.78, 5) is 12.4. The fourth-order valence-electron chi connectivity index (χ4n) is 1.30. The van der Waals surface area contributed by atoms with Crippen LogP contribution in [0.25, 0.3) is 0 Å². The second-order valence-corrected chi connectivity index (χ2v) is 4.97. The van der Waals surface area contributed by atoms with Crippen molar-refractivity contribution in [3.63, 3.8) is 0 Å². The van der Waals surface area contributed by atoms with Gasteiger partial charge in [0.25, 0.3) is 0 Å². The minimum Gasteiger partial charge on any atom is -0.383 e. The number of hydrogen-bond acceptors (Lipinski definition) is 8. The second kappa shape index (κ2) is 5.21. The minimum absolute atomic E-state index is 0.0565. The Hall–Kier alpha value is -1.83. The highest BCUT2D eigenvalue weighted by Gasteiger charge is 2.17. The Bertz CT molecular complexity index is 523. The van der Waals surface area contributed by atoms with Crippen LogP contribution in [-0.4, -0.2) is 20.1 Å². The summed E-state index contributed by atoms with van der Waals surface area (Å²) >= 11 is 1.37. The van der Waals surface area contributed by atoms with Gasteiger partial charge in [0, 0.05) is 12.5 Å². The van der Waals surface area contributed by atoms with Gasteiger partial charge < -0.3 is 16.0 Å². The Morgan fingerprint density at radius 2 is 1.94 bits per heavy atom. The molecule has 0 amide bonds. The van der Waals surface area contributed by atoms with Crippen LogP contribution in [0.3, 0.4) is 0 Å². The third kappa shape index (κ3) is 2.89. The fraction of sp³-hybridized carbons (Fsp3) is 0.400. The average molecular weight is 266 g/mol. The van der Waals surface area contributed by atoms with Crippen molar-refractivity contribution in [1.82, 2.24) is 20.1 Å². The van der Waals surface area contributed by atoms with Gasteiger partial charge in [0.2, 0.25) is 5.89 Å². The second-order valence-electron chi connectivity index (χ2n) is 3.66. The normalized spacial score (nSPS) is 12.6. The Kier molecular flexibility index (Phi) is 3.66. The number of rotatable bonds is 4. The maximum absolute atomic E-state index is 5.60. The van der Waals surface area contributed by atoms with E-state index in [9.17, 15) is 0 Å². The number of nitrogens with zero attached hydrogens (tertiary/aromatic N) is 4. The first-order chi connectivity index (χ1) is 8.58.